The Morgan fingerprint density at radius 1 is 1.00 bits per heavy atom. The third-order valence-electron chi connectivity index (χ3n) is 5.07. The molecule has 0 atom stereocenters. The van der Waals surface area contributed by atoms with Gasteiger partial charge in [-0.05, 0) is 31.0 Å². The van der Waals surface area contributed by atoms with E-state index in [9.17, 15) is 4.79 Å². The van der Waals surface area contributed by atoms with Crippen LogP contribution in [0, 0.1) is 0 Å². The predicted octanol–water partition coefficient (Wildman–Crippen LogP) is 2.40. The highest BCUT2D eigenvalue weighted by Gasteiger charge is 2.28. The molecule has 0 N–H and O–H groups in total. The van der Waals surface area contributed by atoms with Gasteiger partial charge in [0, 0.05) is 37.8 Å². The van der Waals surface area contributed by atoms with Gasteiger partial charge in [0.05, 0.1) is 14.2 Å². The van der Waals surface area contributed by atoms with E-state index in [0.29, 0.717) is 17.1 Å². The molecule has 0 radical (unpaired) electrons. The minimum atomic E-state index is 0.0806. The van der Waals surface area contributed by atoms with Crippen LogP contribution in [-0.2, 0) is 0 Å². The number of methoxy groups -OCH3 is 2. The van der Waals surface area contributed by atoms with Crippen LogP contribution in [0.4, 0.5) is 0 Å². The number of nitrogens with zero attached hydrogens (tertiary/aromatic N) is 2. The zero-order valence-electron chi connectivity index (χ0n) is 14.1. The fourth-order valence-corrected chi connectivity index (χ4v) is 3.71. The summed E-state index contributed by atoms with van der Waals surface area (Å²) in [7, 11) is 3.19. The van der Waals surface area contributed by atoms with Crippen LogP contribution in [0.1, 0.15) is 36.0 Å². The lowest BCUT2D eigenvalue weighted by Crippen LogP contribution is -2.51. The summed E-state index contributed by atoms with van der Waals surface area (Å²) in [5.41, 5.74) is 0.664. The first-order valence-electron chi connectivity index (χ1n) is 8.48. The molecule has 2 fully saturated rings. The summed E-state index contributed by atoms with van der Waals surface area (Å²) in [6.07, 6.45) is 5.36. The van der Waals surface area contributed by atoms with E-state index in [0.717, 1.165) is 32.2 Å². The number of piperazine rings is 1. The highest BCUT2D eigenvalue weighted by Crippen LogP contribution is 2.29. The van der Waals surface area contributed by atoms with Gasteiger partial charge in [-0.2, -0.15) is 0 Å². The van der Waals surface area contributed by atoms with Gasteiger partial charge in [0.1, 0.15) is 0 Å². The first kappa shape index (κ1) is 16.1. The summed E-state index contributed by atoms with van der Waals surface area (Å²) < 4.78 is 10.5. The minimum absolute atomic E-state index is 0.0806. The predicted molar refractivity (Wildman–Crippen MR) is 89.3 cm³/mol. The Morgan fingerprint density at radius 2 is 1.65 bits per heavy atom. The molecule has 0 bridgehead atoms. The van der Waals surface area contributed by atoms with Crippen molar-refractivity contribution in [1.29, 1.82) is 0 Å². The molecule has 1 amide bonds. The van der Waals surface area contributed by atoms with Crippen molar-refractivity contribution >= 4 is 5.91 Å². The Kier molecular flexibility index (Phi) is 5.06. The van der Waals surface area contributed by atoms with Crippen molar-refractivity contribution in [1.82, 2.24) is 9.80 Å². The van der Waals surface area contributed by atoms with Crippen LogP contribution >= 0.6 is 0 Å². The SMILES string of the molecule is COc1ccc(C(=O)N2CCN(C3CCCC3)CC2)cc1OC. The minimum Gasteiger partial charge on any atom is -0.493 e. The summed E-state index contributed by atoms with van der Waals surface area (Å²) in [6, 6.07) is 6.12. The Morgan fingerprint density at radius 3 is 2.26 bits per heavy atom. The van der Waals surface area contributed by atoms with Gasteiger partial charge in [0.2, 0.25) is 0 Å². The highest BCUT2D eigenvalue weighted by molar-refractivity contribution is 5.95. The molecule has 0 aromatic heterocycles. The van der Waals surface area contributed by atoms with Crippen LogP contribution in [0.5, 0.6) is 11.5 Å². The van der Waals surface area contributed by atoms with E-state index in [1.54, 1.807) is 26.4 Å². The number of hydrogen-bond acceptors (Lipinski definition) is 4. The maximum atomic E-state index is 12.7. The lowest BCUT2D eigenvalue weighted by atomic mass is 10.1. The number of carbonyl (C=O) groups excluding carboxylic acids is 1. The van der Waals surface area contributed by atoms with Crippen LogP contribution in [0.25, 0.3) is 0 Å². The van der Waals surface area contributed by atoms with Crippen LogP contribution in [0.2, 0.25) is 0 Å². The number of rotatable bonds is 4. The zero-order valence-corrected chi connectivity index (χ0v) is 14.1. The molecule has 2 aliphatic rings. The summed E-state index contributed by atoms with van der Waals surface area (Å²) in [4.78, 5) is 17.2. The van der Waals surface area contributed by atoms with E-state index in [1.165, 1.54) is 25.7 Å². The van der Waals surface area contributed by atoms with Crippen molar-refractivity contribution in [3.05, 3.63) is 23.8 Å². The molecule has 1 saturated carbocycles. The second-order valence-corrected chi connectivity index (χ2v) is 6.34. The van der Waals surface area contributed by atoms with E-state index < -0.39 is 0 Å². The molecule has 1 saturated heterocycles. The van der Waals surface area contributed by atoms with Crippen molar-refractivity contribution in [2.24, 2.45) is 0 Å². The lowest BCUT2D eigenvalue weighted by molar-refractivity contribution is 0.0573. The monoisotopic (exact) mass is 318 g/mol. The maximum Gasteiger partial charge on any atom is 0.254 e. The fourth-order valence-electron chi connectivity index (χ4n) is 3.71. The summed E-state index contributed by atoms with van der Waals surface area (Å²) >= 11 is 0. The molecule has 126 valence electrons. The molecule has 1 aliphatic carbocycles. The summed E-state index contributed by atoms with van der Waals surface area (Å²) in [5.74, 6) is 1.33. The van der Waals surface area contributed by atoms with Gasteiger partial charge in [0.25, 0.3) is 5.91 Å². The average molecular weight is 318 g/mol. The first-order chi connectivity index (χ1) is 11.2. The Balaban J connectivity index is 1.62. The number of carbonyl (C=O) groups is 1. The van der Waals surface area contributed by atoms with Crippen LogP contribution in [0.3, 0.4) is 0 Å². The molecule has 1 aromatic carbocycles. The van der Waals surface area contributed by atoms with Crippen LogP contribution < -0.4 is 9.47 Å². The van der Waals surface area contributed by atoms with E-state index >= 15 is 0 Å². The van der Waals surface area contributed by atoms with Crippen molar-refractivity contribution in [2.75, 3.05) is 40.4 Å². The van der Waals surface area contributed by atoms with Crippen molar-refractivity contribution < 1.29 is 14.3 Å². The number of benzene rings is 1. The molecule has 1 heterocycles. The van der Waals surface area contributed by atoms with Gasteiger partial charge in [0.15, 0.2) is 11.5 Å². The smallest absolute Gasteiger partial charge is 0.254 e. The Labute approximate surface area is 138 Å². The zero-order chi connectivity index (χ0) is 16.2. The summed E-state index contributed by atoms with van der Waals surface area (Å²) in [6.45, 7) is 3.60. The van der Waals surface area contributed by atoms with Gasteiger partial charge in [-0.25, -0.2) is 0 Å². The summed E-state index contributed by atoms with van der Waals surface area (Å²) in [5, 5.41) is 0. The third-order valence-corrected chi connectivity index (χ3v) is 5.07. The largest absolute Gasteiger partial charge is 0.493 e. The van der Waals surface area contributed by atoms with Crippen LogP contribution in [0.15, 0.2) is 18.2 Å². The standard InChI is InChI=1S/C18H26N2O3/c1-22-16-8-7-14(13-17(16)23-2)18(21)20-11-9-19(10-12-20)15-5-3-4-6-15/h7-8,13,15H,3-6,9-12H2,1-2H3. The number of amides is 1. The Bertz CT molecular complexity index is 547. The van der Waals surface area contributed by atoms with Crippen molar-refractivity contribution in [3.8, 4) is 11.5 Å². The topological polar surface area (TPSA) is 42.0 Å². The lowest BCUT2D eigenvalue weighted by Gasteiger charge is -2.38. The van der Waals surface area contributed by atoms with E-state index in [-0.39, 0.29) is 5.91 Å². The van der Waals surface area contributed by atoms with E-state index in [1.807, 2.05) is 11.0 Å². The molecule has 3 rings (SSSR count). The second kappa shape index (κ2) is 7.21. The number of hydrogen-bond donors (Lipinski definition) is 0. The molecule has 1 aliphatic heterocycles. The van der Waals surface area contributed by atoms with Gasteiger partial charge in [-0.15, -0.1) is 0 Å². The molecular formula is C18H26N2O3. The quantitative estimate of drug-likeness (QED) is 0.855. The van der Waals surface area contributed by atoms with Gasteiger partial charge in [-0.3, -0.25) is 9.69 Å². The Hall–Kier alpha value is -1.75. The van der Waals surface area contributed by atoms with Crippen LogP contribution in [-0.4, -0.2) is 62.1 Å². The number of ether oxygens (including phenoxy) is 2. The van der Waals surface area contributed by atoms with Gasteiger partial charge >= 0.3 is 0 Å². The molecule has 0 unspecified atom stereocenters. The maximum absolute atomic E-state index is 12.7. The molecule has 5 nitrogen and oxygen atoms in total. The normalized spacial score (nSPS) is 19.8. The second-order valence-electron chi connectivity index (χ2n) is 6.34. The van der Waals surface area contributed by atoms with Crippen molar-refractivity contribution in [2.45, 2.75) is 31.7 Å². The fraction of sp³-hybridized carbons (Fsp3) is 0.611. The van der Waals surface area contributed by atoms with E-state index in [2.05, 4.69) is 4.90 Å². The van der Waals surface area contributed by atoms with Gasteiger partial charge in [-0.1, -0.05) is 12.8 Å². The van der Waals surface area contributed by atoms with Crippen molar-refractivity contribution in [3.63, 3.8) is 0 Å². The van der Waals surface area contributed by atoms with Gasteiger partial charge < -0.3 is 14.4 Å². The molecule has 1 aromatic rings. The third kappa shape index (κ3) is 3.44. The average Bonchev–Trinajstić information content (AvgIpc) is 3.15. The molecule has 23 heavy (non-hydrogen) atoms. The highest BCUT2D eigenvalue weighted by atomic mass is 16.5. The molecule has 0 spiro atoms. The van der Waals surface area contributed by atoms with E-state index in [4.69, 9.17) is 9.47 Å². The molecular weight excluding hydrogens is 292 g/mol. The molecule has 5 heteroatoms. The first-order valence-corrected chi connectivity index (χ1v) is 8.48.